The molecule has 6 heteroatoms. The fourth-order valence-corrected chi connectivity index (χ4v) is 3.68. The standard InChI is InChI=1S/C20H15N5O/c21-20(26)15-11-23-25-10-7-14-18(12-5-8-22-9-6-12)24-16-4-2-1-3-13(16)17(15)19(14)25/h1-11,18,24H,(H2,21,26). The van der Waals surface area contributed by atoms with Crippen molar-refractivity contribution in [2.75, 3.05) is 5.32 Å². The molecule has 26 heavy (non-hydrogen) atoms. The lowest BCUT2D eigenvalue weighted by Crippen LogP contribution is -2.14. The Bertz CT molecular complexity index is 1150. The first-order valence-electron chi connectivity index (χ1n) is 8.30. The van der Waals surface area contributed by atoms with E-state index in [-0.39, 0.29) is 6.04 Å². The Hall–Kier alpha value is -3.67. The summed E-state index contributed by atoms with van der Waals surface area (Å²) < 4.78 is 1.80. The van der Waals surface area contributed by atoms with Crippen LogP contribution in [-0.4, -0.2) is 20.5 Å². The number of carbonyl (C=O) groups is 1. The molecule has 3 N–H and O–H groups in total. The van der Waals surface area contributed by atoms with Crippen molar-refractivity contribution in [1.29, 1.82) is 0 Å². The summed E-state index contributed by atoms with van der Waals surface area (Å²) in [5.41, 5.74) is 11.8. The molecule has 0 aliphatic carbocycles. The zero-order valence-electron chi connectivity index (χ0n) is 13.8. The van der Waals surface area contributed by atoms with E-state index in [0.717, 1.165) is 33.5 Å². The number of carbonyl (C=O) groups excluding carboxylic acids is 1. The number of rotatable bonds is 2. The number of hydrogen-bond donors (Lipinski definition) is 2. The Kier molecular flexibility index (Phi) is 3.05. The first kappa shape index (κ1) is 14.7. The van der Waals surface area contributed by atoms with Crippen LogP contribution in [0, 0.1) is 0 Å². The summed E-state index contributed by atoms with van der Waals surface area (Å²) in [5, 5.41) is 8.00. The average Bonchev–Trinajstić information content (AvgIpc) is 3.03. The van der Waals surface area contributed by atoms with Gasteiger partial charge in [-0.3, -0.25) is 9.78 Å². The molecule has 1 aliphatic rings. The van der Waals surface area contributed by atoms with Crippen LogP contribution in [0.1, 0.15) is 27.5 Å². The smallest absolute Gasteiger partial charge is 0.251 e. The lowest BCUT2D eigenvalue weighted by Gasteiger charge is -2.19. The van der Waals surface area contributed by atoms with Crippen LogP contribution in [0.2, 0.25) is 0 Å². The van der Waals surface area contributed by atoms with Crippen LogP contribution in [-0.2, 0) is 0 Å². The Morgan fingerprint density at radius 2 is 1.92 bits per heavy atom. The Labute approximate surface area is 149 Å². The van der Waals surface area contributed by atoms with Crippen molar-refractivity contribution < 1.29 is 4.79 Å². The molecule has 0 radical (unpaired) electrons. The molecule has 0 saturated heterocycles. The molecule has 6 nitrogen and oxygen atoms in total. The van der Waals surface area contributed by atoms with E-state index >= 15 is 0 Å². The average molecular weight is 341 g/mol. The molecule has 4 aromatic rings. The highest BCUT2D eigenvalue weighted by molar-refractivity contribution is 6.06. The molecule has 0 spiro atoms. The van der Waals surface area contributed by atoms with Crippen molar-refractivity contribution in [2.45, 2.75) is 6.04 Å². The number of primary amides is 1. The van der Waals surface area contributed by atoms with E-state index in [4.69, 9.17) is 5.73 Å². The van der Waals surface area contributed by atoms with E-state index in [1.54, 1.807) is 16.9 Å². The lowest BCUT2D eigenvalue weighted by atomic mass is 9.97. The van der Waals surface area contributed by atoms with Crippen molar-refractivity contribution in [1.82, 2.24) is 14.6 Å². The summed E-state index contributed by atoms with van der Waals surface area (Å²) in [6.45, 7) is 0. The monoisotopic (exact) mass is 341 g/mol. The van der Waals surface area contributed by atoms with E-state index in [2.05, 4.69) is 15.4 Å². The van der Waals surface area contributed by atoms with E-state index in [1.165, 1.54) is 6.20 Å². The van der Waals surface area contributed by atoms with E-state index in [9.17, 15) is 4.79 Å². The number of nitrogens with two attached hydrogens (primary N) is 1. The van der Waals surface area contributed by atoms with Crippen LogP contribution in [0.4, 0.5) is 5.69 Å². The normalized spacial score (nSPS) is 15.2. The molecule has 5 rings (SSSR count). The van der Waals surface area contributed by atoms with Crippen LogP contribution in [0.5, 0.6) is 0 Å². The SMILES string of the molecule is NC(=O)c1cnn2ccc3c2c1-c1ccccc1NC3c1ccncc1. The minimum Gasteiger partial charge on any atom is -0.374 e. The van der Waals surface area contributed by atoms with Crippen molar-refractivity contribution in [3.8, 4) is 11.1 Å². The third kappa shape index (κ3) is 2.02. The topological polar surface area (TPSA) is 85.3 Å². The van der Waals surface area contributed by atoms with Gasteiger partial charge in [0, 0.05) is 41.0 Å². The number of anilines is 1. The highest BCUT2D eigenvalue weighted by Crippen LogP contribution is 2.43. The highest BCUT2D eigenvalue weighted by Gasteiger charge is 2.28. The molecule has 1 atom stereocenters. The number of nitrogens with one attached hydrogen (secondary N) is 1. The Balaban J connectivity index is 1.92. The summed E-state index contributed by atoms with van der Waals surface area (Å²) in [7, 11) is 0. The molecule has 0 bridgehead atoms. The van der Waals surface area contributed by atoms with Gasteiger partial charge in [-0.1, -0.05) is 18.2 Å². The van der Waals surface area contributed by atoms with Crippen LogP contribution in [0.15, 0.2) is 67.3 Å². The summed E-state index contributed by atoms with van der Waals surface area (Å²) in [6, 6.07) is 13.8. The first-order valence-corrected chi connectivity index (χ1v) is 8.30. The van der Waals surface area contributed by atoms with Crippen molar-refractivity contribution in [2.24, 2.45) is 5.73 Å². The van der Waals surface area contributed by atoms with Gasteiger partial charge in [0.05, 0.1) is 23.3 Å². The number of fused-ring (bicyclic) bond motifs is 2. The third-order valence-electron chi connectivity index (χ3n) is 4.83. The molecular formula is C20H15N5O. The van der Waals surface area contributed by atoms with Gasteiger partial charge in [0.15, 0.2) is 0 Å². The molecule has 0 fully saturated rings. The zero-order valence-corrected chi connectivity index (χ0v) is 13.8. The molecule has 4 heterocycles. The third-order valence-corrected chi connectivity index (χ3v) is 4.83. The maximum atomic E-state index is 12.1. The van der Waals surface area contributed by atoms with E-state index < -0.39 is 5.91 Å². The molecule has 1 aliphatic heterocycles. The largest absolute Gasteiger partial charge is 0.374 e. The Morgan fingerprint density at radius 3 is 2.73 bits per heavy atom. The van der Waals surface area contributed by atoms with E-state index in [0.29, 0.717) is 5.56 Å². The van der Waals surface area contributed by atoms with E-state index in [1.807, 2.05) is 48.7 Å². The number of nitrogens with zero attached hydrogens (tertiary/aromatic N) is 3. The molecule has 1 aromatic carbocycles. The number of benzene rings is 1. The van der Waals surface area contributed by atoms with Crippen molar-refractivity contribution >= 4 is 17.1 Å². The summed E-state index contributed by atoms with van der Waals surface area (Å²) in [5.74, 6) is -0.487. The molecule has 126 valence electrons. The number of amides is 1. The molecule has 3 aromatic heterocycles. The maximum Gasteiger partial charge on any atom is 0.251 e. The van der Waals surface area contributed by atoms with Gasteiger partial charge in [-0.15, -0.1) is 0 Å². The number of para-hydroxylation sites is 1. The molecule has 0 saturated carbocycles. The van der Waals surface area contributed by atoms with Gasteiger partial charge in [0.25, 0.3) is 5.91 Å². The quantitative estimate of drug-likeness (QED) is 0.587. The fourth-order valence-electron chi connectivity index (χ4n) is 3.68. The first-order chi connectivity index (χ1) is 12.7. The van der Waals surface area contributed by atoms with Crippen LogP contribution >= 0.6 is 0 Å². The minimum atomic E-state index is -0.487. The number of pyridine rings is 1. The van der Waals surface area contributed by atoms with Gasteiger partial charge in [-0.05, 0) is 29.8 Å². The molecule has 1 amide bonds. The summed E-state index contributed by atoms with van der Waals surface area (Å²) in [6.07, 6.45) is 7.00. The van der Waals surface area contributed by atoms with Crippen molar-refractivity contribution in [3.05, 3.63) is 83.9 Å². The van der Waals surface area contributed by atoms with Crippen LogP contribution in [0.25, 0.3) is 16.6 Å². The summed E-state index contributed by atoms with van der Waals surface area (Å²) in [4.78, 5) is 16.2. The van der Waals surface area contributed by atoms with Crippen LogP contribution < -0.4 is 11.1 Å². The second-order valence-electron chi connectivity index (χ2n) is 6.27. The summed E-state index contributed by atoms with van der Waals surface area (Å²) >= 11 is 0. The minimum absolute atomic E-state index is 0.0877. The van der Waals surface area contributed by atoms with Gasteiger partial charge in [-0.25, -0.2) is 4.52 Å². The molecule has 1 unspecified atom stereocenters. The van der Waals surface area contributed by atoms with Gasteiger partial charge >= 0.3 is 0 Å². The number of hydrogen-bond acceptors (Lipinski definition) is 4. The highest BCUT2D eigenvalue weighted by atomic mass is 16.1. The number of aromatic nitrogens is 3. The zero-order chi connectivity index (χ0) is 17.7. The van der Waals surface area contributed by atoms with Crippen LogP contribution in [0.3, 0.4) is 0 Å². The second-order valence-corrected chi connectivity index (χ2v) is 6.27. The van der Waals surface area contributed by atoms with Gasteiger partial charge in [0.1, 0.15) is 0 Å². The van der Waals surface area contributed by atoms with Gasteiger partial charge in [-0.2, -0.15) is 5.10 Å². The lowest BCUT2D eigenvalue weighted by molar-refractivity contribution is 0.100. The second kappa shape index (κ2) is 5.42. The van der Waals surface area contributed by atoms with Gasteiger partial charge in [0.2, 0.25) is 0 Å². The van der Waals surface area contributed by atoms with Gasteiger partial charge < -0.3 is 11.1 Å². The Morgan fingerprint density at radius 1 is 1.12 bits per heavy atom. The molecular weight excluding hydrogens is 326 g/mol. The predicted molar refractivity (Wildman–Crippen MR) is 98.8 cm³/mol. The maximum absolute atomic E-state index is 12.1. The fraction of sp³-hybridized carbons (Fsp3) is 0.0500. The predicted octanol–water partition coefficient (Wildman–Crippen LogP) is 3.01. The van der Waals surface area contributed by atoms with Crippen molar-refractivity contribution in [3.63, 3.8) is 0 Å².